The number of halogens is 1. The summed E-state index contributed by atoms with van der Waals surface area (Å²) < 4.78 is 13.9. The Hall–Kier alpha value is -1.32. The fraction of sp³-hybridized carbons (Fsp3) is 0.333. The Morgan fingerprint density at radius 1 is 1.10 bits per heavy atom. The van der Waals surface area contributed by atoms with Crippen molar-refractivity contribution in [1.29, 1.82) is 0 Å². The van der Waals surface area contributed by atoms with Crippen molar-refractivity contribution in [1.82, 2.24) is 5.32 Å². The maximum absolute atomic E-state index is 13.9. The molecule has 1 aliphatic heterocycles. The number of hydrogen-bond acceptors (Lipinski definition) is 2. The molecule has 2 atom stereocenters. The Morgan fingerprint density at radius 3 is 2.86 bits per heavy atom. The average Bonchev–Trinajstić information content (AvgIpc) is 2.49. The van der Waals surface area contributed by atoms with Gasteiger partial charge in [0.1, 0.15) is 5.82 Å². The summed E-state index contributed by atoms with van der Waals surface area (Å²) in [5.41, 5.74) is 4.10. The van der Waals surface area contributed by atoms with Crippen LogP contribution in [0.2, 0.25) is 0 Å². The summed E-state index contributed by atoms with van der Waals surface area (Å²) in [6.07, 6.45) is 2.25. The molecule has 0 radical (unpaired) electrons. The van der Waals surface area contributed by atoms with Crippen molar-refractivity contribution >= 4 is 11.8 Å². The van der Waals surface area contributed by atoms with Crippen molar-refractivity contribution in [3.8, 4) is 0 Å². The van der Waals surface area contributed by atoms with Crippen LogP contribution in [-0.2, 0) is 6.42 Å². The van der Waals surface area contributed by atoms with Crippen LogP contribution >= 0.6 is 11.8 Å². The van der Waals surface area contributed by atoms with Gasteiger partial charge in [-0.1, -0.05) is 36.4 Å². The van der Waals surface area contributed by atoms with Crippen molar-refractivity contribution in [3.63, 3.8) is 0 Å². The lowest BCUT2D eigenvalue weighted by molar-refractivity contribution is 0.451. The summed E-state index contributed by atoms with van der Waals surface area (Å²) >= 11 is 1.65. The number of fused-ring (bicyclic) bond motifs is 2. The van der Waals surface area contributed by atoms with E-state index in [2.05, 4.69) is 35.6 Å². The van der Waals surface area contributed by atoms with E-state index < -0.39 is 0 Å². The lowest BCUT2D eigenvalue weighted by Gasteiger charge is -2.33. The molecule has 2 aliphatic rings. The third-order valence-corrected chi connectivity index (χ3v) is 5.76. The minimum absolute atomic E-state index is 0.0713. The third kappa shape index (κ3) is 2.39. The highest BCUT2D eigenvalue weighted by molar-refractivity contribution is 7.99. The van der Waals surface area contributed by atoms with Crippen LogP contribution in [0.5, 0.6) is 0 Å². The van der Waals surface area contributed by atoms with E-state index in [0.29, 0.717) is 12.0 Å². The standard InChI is InChI=1S/C18H18FNS/c19-16-7-3-6-15-17(8-9-21-18(15)16)20-11-13-10-12-4-1-2-5-14(12)13/h1-7,13,17,20H,8-11H2. The van der Waals surface area contributed by atoms with Crippen molar-refractivity contribution < 1.29 is 4.39 Å². The predicted octanol–water partition coefficient (Wildman–Crippen LogP) is 4.29. The largest absolute Gasteiger partial charge is 0.309 e. The van der Waals surface area contributed by atoms with Crippen molar-refractivity contribution in [2.24, 2.45) is 0 Å². The molecule has 0 spiro atoms. The summed E-state index contributed by atoms with van der Waals surface area (Å²) in [6, 6.07) is 14.4. The highest BCUT2D eigenvalue weighted by Crippen LogP contribution is 2.39. The average molecular weight is 299 g/mol. The molecule has 3 heteroatoms. The Bertz CT molecular complexity index is 670. The van der Waals surface area contributed by atoms with Crippen molar-refractivity contribution in [2.45, 2.75) is 29.7 Å². The molecule has 1 aliphatic carbocycles. The van der Waals surface area contributed by atoms with Crippen LogP contribution < -0.4 is 5.32 Å². The first-order valence-corrected chi connectivity index (χ1v) is 8.54. The molecule has 0 saturated carbocycles. The molecule has 2 unspecified atom stereocenters. The second kappa shape index (κ2) is 5.47. The maximum atomic E-state index is 13.9. The number of benzene rings is 2. The summed E-state index contributed by atoms with van der Waals surface area (Å²) in [5, 5.41) is 3.67. The maximum Gasteiger partial charge on any atom is 0.137 e. The SMILES string of the molecule is Fc1cccc2c1SCCC2NCC1Cc2ccccc21. The lowest BCUT2D eigenvalue weighted by Crippen LogP contribution is -2.33. The molecule has 1 N–H and O–H groups in total. The van der Waals surface area contributed by atoms with Crippen LogP contribution in [0, 0.1) is 5.82 Å². The van der Waals surface area contributed by atoms with E-state index in [1.165, 1.54) is 17.5 Å². The summed E-state index contributed by atoms with van der Waals surface area (Å²) in [5.74, 6) is 1.54. The minimum atomic E-state index is -0.0713. The fourth-order valence-corrected chi connectivity index (χ4v) is 4.57. The molecular formula is C18H18FNS. The van der Waals surface area contributed by atoms with Crippen LogP contribution in [0.15, 0.2) is 47.4 Å². The van der Waals surface area contributed by atoms with Gasteiger partial charge in [-0.2, -0.15) is 0 Å². The second-order valence-electron chi connectivity index (χ2n) is 5.86. The highest BCUT2D eigenvalue weighted by atomic mass is 32.2. The Morgan fingerprint density at radius 2 is 1.95 bits per heavy atom. The van der Waals surface area contributed by atoms with Crippen molar-refractivity contribution in [2.75, 3.05) is 12.3 Å². The molecule has 21 heavy (non-hydrogen) atoms. The molecule has 2 aromatic rings. The Kier molecular flexibility index (Phi) is 3.48. The van der Waals surface area contributed by atoms with E-state index in [-0.39, 0.29) is 5.82 Å². The molecule has 4 rings (SSSR count). The van der Waals surface area contributed by atoms with Crippen LogP contribution in [0.25, 0.3) is 0 Å². The van der Waals surface area contributed by atoms with E-state index in [1.807, 2.05) is 6.07 Å². The van der Waals surface area contributed by atoms with Crippen molar-refractivity contribution in [3.05, 3.63) is 65.0 Å². The van der Waals surface area contributed by atoms with Gasteiger partial charge in [-0.25, -0.2) is 4.39 Å². The van der Waals surface area contributed by atoms with E-state index in [1.54, 1.807) is 17.8 Å². The van der Waals surface area contributed by atoms with Crippen LogP contribution in [0.4, 0.5) is 4.39 Å². The molecule has 1 nitrogen and oxygen atoms in total. The van der Waals surface area contributed by atoms with Crippen LogP contribution in [-0.4, -0.2) is 12.3 Å². The van der Waals surface area contributed by atoms with Gasteiger partial charge in [-0.3, -0.25) is 0 Å². The molecule has 2 aromatic carbocycles. The van der Waals surface area contributed by atoms with Gasteiger partial charge in [0.15, 0.2) is 0 Å². The quantitative estimate of drug-likeness (QED) is 0.907. The first-order valence-electron chi connectivity index (χ1n) is 7.55. The van der Waals surface area contributed by atoms with Gasteiger partial charge in [-0.15, -0.1) is 11.8 Å². The van der Waals surface area contributed by atoms with Gasteiger partial charge in [0.05, 0.1) is 0 Å². The molecular weight excluding hydrogens is 281 g/mol. The molecule has 0 saturated heterocycles. The zero-order valence-electron chi connectivity index (χ0n) is 11.8. The first-order chi connectivity index (χ1) is 10.3. The Labute approximate surface area is 129 Å². The normalized spacial score (nSPS) is 23.1. The van der Waals surface area contributed by atoms with E-state index in [4.69, 9.17) is 0 Å². The minimum Gasteiger partial charge on any atom is -0.309 e. The summed E-state index contributed by atoms with van der Waals surface area (Å²) in [4.78, 5) is 0.843. The zero-order chi connectivity index (χ0) is 14.2. The molecule has 0 fully saturated rings. The van der Waals surface area contributed by atoms with Gasteiger partial charge < -0.3 is 5.32 Å². The number of thioether (sulfide) groups is 1. The molecule has 0 amide bonds. The molecule has 0 bridgehead atoms. The Balaban J connectivity index is 1.47. The molecule has 0 aromatic heterocycles. The first kappa shape index (κ1) is 13.4. The van der Waals surface area contributed by atoms with Gasteiger partial charge in [0.2, 0.25) is 0 Å². The number of nitrogens with one attached hydrogen (secondary N) is 1. The molecule has 1 heterocycles. The number of hydrogen-bond donors (Lipinski definition) is 1. The monoisotopic (exact) mass is 299 g/mol. The molecule has 108 valence electrons. The fourth-order valence-electron chi connectivity index (χ4n) is 3.43. The predicted molar refractivity (Wildman–Crippen MR) is 85.4 cm³/mol. The number of rotatable bonds is 3. The van der Waals surface area contributed by atoms with Gasteiger partial charge in [-0.05, 0) is 41.4 Å². The topological polar surface area (TPSA) is 12.0 Å². The summed E-state index contributed by atoms with van der Waals surface area (Å²) in [7, 11) is 0. The van der Waals surface area contributed by atoms with E-state index in [0.717, 1.165) is 29.2 Å². The third-order valence-electron chi connectivity index (χ3n) is 4.60. The van der Waals surface area contributed by atoms with Gasteiger partial charge in [0, 0.05) is 23.4 Å². The smallest absolute Gasteiger partial charge is 0.137 e. The highest BCUT2D eigenvalue weighted by Gasteiger charge is 2.28. The van der Waals surface area contributed by atoms with Crippen LogP contribution in [0.1, 0.15) is 35.1 Å². The zero-order valence-corrected chi connectivity index (χ0v) is 12.6. The lowest BCUT2D eigenvalue weighted by atomic mass is 9.77. The summed E-state index contributed by atoms with van der Waals surface area (Å²) in [6.45, 7) is 0.988. The van der Waals surface area contributed by atoms with E-state index in [9.17, 15) is 4.39 Å². The van der Waals surface area contributed by atoms with Gasteiger partial charge >= 0.3 is 0 Å². The van der Waals surface area contributed by atoms with Gasteiger partial charge in [0.25, 0.3) is 0 Å². The van der Waals surface area contributed by atoms with E-state index >= 15 is 0 Å². The second-order valence-corrected chi connectivity index (χ2v) is 6.96. The van der Waals surface area contributed by atoms with Crippen LogP contribution in [0.3, 0.4) is 0 Å².